The SMILES string of the molecule is O=C(O)C(F)(F)F.O=C(O)COc1cc(Cl)c(OCC(F)F)cc1N1CC(NC2CCN(C(=O)c3ccc(Cl)cc3)CC2)[C@H](O)C1. The van der Waals surface area contributed by atoms with Gasteiger partial charge in [0.05, 0.1) is 22.9 Å². The summed E-state index contributed by atoms with van der Waals surface area (Å²) in [5.74, 6) is -3.88. The van der Waals surface area contributed by atoms with Crippen LogP contribution in [0.5, 0.6) is 11.5 Å². The summed E-state index contributed by atoms with van der Waals surface area (Å²) in [6, 6.07) is 9.24. The Morgan fingerprint density at radius 1 is 0.978 bits per heavy atom. The molecule has 11 nitrogen and oxygen atoms in total. The summed E-state index contributed by atoms with van der Waals surface area (Å²) in [7, 11) is 0. The smallest absolute Gasteiger partial charge is 0.486 e. The number of hydrogen-bond acceptors (Lipinski definition) is 8. The van der Waals surface area contributed by atoms with Crippen molar-refractivity contribution in [1.29, 1.82) is 0 Å². The average molecular weight is 702 g/mol. The molecule has 2 aromatic carbocycles. The molecule has 0 radical (unpaired) electrons. The Morgan fingerprint density at radius 2 is 1.59 bits per heavy atom. The lowest BCUT2D eigenvalue weighted by atomic mass is 10.0. The predicted octanol–water partition coefficient (Wildman–Crippen LogP) is 4.18. The number of hydrogen-bond donors (Lipinski definition) is 4. The number of carbonyl (C=O) groups excluding carboxylic acids is 1. The fraction of sp³-hybridized carbons (Fsp3) is 0.464. The van der Waals surface area contributed by atoms with E-state index in [4.69, 9.17) is 47.7 Å². The quantitative estimate of drug-likeness (QED) is 0.266. The molecule has 2 fully saturated rings. The zero-order valence-electron chi connectivity index (χ0n) is 23.9. The molecular weight excluding hydrogens is 672 g/mol. The highest BCUT2D eigenvalue weighted by Crippen LogP contribution is 2.40. The number of nitrogens with zero attached hydrogens (tertiary/aromatic N) is 2. The van der Waals surface area contributed by atoms with Crippen molar-refractivity contribution in [3.05, 3.63) is 52.0 Å². The Hall–Kier alpha value is -3.60. The Bertz CT molecular complexity index is 1360. The van der Waals surface area contributed by atoms with Crippen LogP contribution in [0.4, 0.5) is 27.6 Å². The second-order valence-corrected chi connectivity index (χ2v) is 11.1. The van der Waals surface area contributed by atoms with E-state index in [2.05, 4.69) is 5.32 Å². The summed E-state index contributed by atoms with van der Waals surface area (Å²) in [4.78, 5) is 36.3. The number of halogens is 7. The molecule has 0 saturated carbocycles. The zero-order valence-corrected chi connectivity index (χ0v) is 25.4. The zero-order chi connectivity index (χ0) is 34.2. The van der Waals surface area contributed by atoms with Gasteiger partial charge in [-0.05, 0) is 37.1 Å². The molecule has 2 atom stereocenters. The molecule has 2 heterocycles. The van der Waals surface area contributed by atoms with Gasteiger partial charge in [0.1, 0.15) is 18.1 Å². The number of alkyl halides is 5. The van der Waals surface area contributed by atoms with Crippen molar-refractivity contribution in [2.24, 2.45) is 0 Å². The van der Waals surface area contributed by atoms with E-state index in [-0.39, 0.29) is 41.1 Å². The van der Waals surface area contributed by atoms with E-state index in [0.29, 0.717) is 48.7 Å². The maximum Gasteiger partial charge on any atom is 0.490 e. The number of aliphatic carboxylic acids is 2. The number of rotatable bonds is 10. The first-order chi connectivity index (χ1) is 21.5. The van der Waals surface area contributed by atoms with Gasteiger partial charge in [0.15, 0.2) is 6.61 Å². The van der Waals surface area contributed by atoms with Crippen molar-refractivity contribution in [2.45, 2.75) is 43.6 Å². The topological polar surface area (TPSA) is 149 Å². The monoisotopic (exact) mass is 701 g/mol. The van der Waals surface area contributed by atoms with Gasteiger partial charge in [0, 0.05) is 54.9 Å². The Kier molecular flexibility index (Phi) is 13.1. The van der Waals surface area contributed by atoms with Crippen LogP contribution in [0.15, 0.2) is 36.4 Å². The molecule has 2 aliphatic heterocycles. The summed E-state index contributed by atoms with van der Waals surface area (Å²) in [6.07, 6.45) is -7.17. The minimum atomic E-state index is -5.08. The lowest BCUT2D eigenvalue weighted by Crippen LogP contribution is -2.50. The van der Waals surface area contributed by atoms with Crippen LogP contribution >= 0.6 is 23.2 Å². The van der Waals surface area contributed by atoms with Gasteiger partial charge < -0.3 is 39.9 Å². The number of aliphatic hydroxyl groups excluding tert-OH is 1. The molecule has 1 unspecified atom stereocenters. The van der Waals surface area contributed by atoms with Gasteiger partial charge in [-0.3, -0.25) is 4.79 Å². The van der Waals surface area contributed by atoms with Crippen LogP contribution in [0.2, 0.25) is 10.0 Å². The third-order valence-electron chi connectivity index (χ3n) is 6.92. The molecule has 1 amide bonds. The number of benzene rings is 2. The summed E-state index contributed by atoms with van der Waals surface area (Å²) < 4.78 is 67.7. The van der Waals surface area contributed by atoms with Crippen LogP contribution in [0, 0.1) is 0 Å². The number of amides is 1. The standard InChI is InChI=1S/C26H29Cl2F2N3O6.C2HF3O2/c27-16-3-1-15(2-4-16)26(37)32-7-5-17(6-8-32)31-19-11-33(12-21(19)34)20-10-22(38-13-24(29)30)18(28)9-23(20)39-14-25(35)36;3-2(4,5)1(6)7/h1-4,9-10,17,19,21,24,31,34H,5-8,11-14H2,(H,35,36);(H,6,7)/t19?,21-;/m1./s1. The van der Waals surface area contributed by atoms with Gasteiger partial charge in [-0.1, -0.05) is 23.2 Å². The maximum absolute atomic E-state index is 12.8. The lowest BCUT2D eigenvalue weighted by molar-refractivity contribution is -0.192. The van der Waals surface area contributed by atoms with Crippen molar-refractivity contribution >= 4 is 46.7 Å². The number of anilines is 1. The van der Waals surface area contributed by atoms with Crippen LogP contribution in [0.1, 0.15) is 23.2 Å². The number of aliphatic hydroxyl groups is 1. The summed E-state index contributed by atoms with van der Waals surface area (Å²) in [5.41, 5.74) is 0.949. The van der Waals surface area contributed by atoms with Crippen LogP contribution in [-0.2, 0) is 9.59 Å². The highest BCUT2D eigenvalue weighted by molar-refractivity contribution is 6.32. The molecule has 0 aromatic heterocycles. The molecule has 254 valence electrons. The van der Waals surface area contributed by atoms with Crippen LogP contribution < -0.4 is 19.7 Å². The average Bonchev–Trinajstić information content (AvgIpc) is 3.35. The highest BCUT2D eigenvalue weighted by Gasteiger charge is 2.38. The third-order valence-corrected chi connectivity index (χ3v) is 7.47. The first-order valence-corrected chi connectivity index (χ1v) is 14.4. The normalized spacial score (nSPS) is 18.6. The molecule has 2 saturated heterocycles. The number of carboxylic acid groups (broad SMARTS) is 2. The van der Waals surface area contributed by atoms with Crippen LogP contribution in [0.25, 0.3) is 0 Å². The van der Waals surface area contributed by atoms with Crippen molar-refractivity contribution in [3.8, 4) is 11.5 Å². The van der Waals surface area contributed by atoms with E-state index < -0.39 is 43.9 Å². The summed E-state index contributed by atoms with van der Waals surface area (Å²) in [5, 5.41) is 31.0. The third kappa shape index (κ3) is 10.7. The van der Waals surface area contributed by atoms with Crippen LogP contribution in [-0.4, -0.2) is 108 Å². The molecule has 4 rings (SSSR count). The van der Waals surface area contributed by atoms with Crippen molar-refractivity contribution in [2.75, 3.05) is 44.3 Å². The first-order valence-electron chi connectivity index (χ1n) is 13.7. The van der Waals surface area contributed by atoms with E-state index in [1.807, 2.05) is 0 Å². The van der Waals surface area contributed by atoms with E-state index in [0.717, 1.165) is 0 Å². The number of ether oxygens (including phenoxy) is 2. The molecule has 2 aliphatic rings. The fourth-order valence-electron chi connectivity index (χ4n) is 4.76. The lowest BCUT2D eigenvalue weighted by Gasteiger charge is -2.34. The van der Waals surface area contributed by atoms with Gasteiger partial charge in [-0.15, -0.1) is 0 Å². The number of piperidine rings is 1. The van der Waals surface area contributed by atoms with Crippen molar-refractivity contribution < 1.29 is 61.1 Å². The Balaban J connectivity index is 0.000000738. The molecule has 46 heavy (non-hydrogen) atoms. The van der Waals surface area contributed by atoms with Gasteiger partial charge in [0.2, 0.25) is 0 Å². The summed E-state index contributed by atoms with van der Waals surface area (Å²) >= 11 is 12.1. The van der Waals surface area contributed by atoms with E-state index in [1.165, 1.54) is 12.1 Å². The Morgan fingerprint density at radius 3 is 2.13 bits per heavy atom. The molecular formula is C28H30Cl2F5N3O8. The van der Waals surface area contributed by atoms with E-state index in [1.54, 1.807) is 34.1 Å². The molecule has 2 aromatic rings. The van der Waals surface area contributed by atoms with Gasteiger partial charge in [-0.25, -0.2) is 18.4 Å². The second-order valence-electron chi connectivity index (χ2n) is 10.3. The number of carboxylic acids is 2. The summed E-state index contributed by atoms with van der Waals surface area (Å²) in [6.45, 7) is 0.142. The second kappa shape index (κ2) is 16.3. The van der Waals surface area contributed by atoms with Crippen molar-refractivity contribution in [1.82, 2.24) is 10.2 Å². The van der Waals surface area contributed by atoms with E-state index >= 15 is 0 Å². The molecule has 18 heteroatoms. The first kappa shape index (κ1) is 36.9. The molecule has 4 N–H and O–H groups in total. The van der Waals surface area contributed by atoms with Crippen molar-refractivity contribution in [3.63, 3.8) is 0 Å². The highest BCUT2D eigenvalue weighted by atomic mass is 35.5. The van der Waals surface area contributed by atoms with Gasteiger partial charge in [0.25, 0.3) is 12.3 Å². The number of nitrogens with one attached hydrogen (secondary N) is 1. The van der Waals surface area contributed by atoms with Crippen LogP contribution in [0.3, 0.4) is 0 Å². The largest absolute Gasteiger partial charge is 0.490 e. The molecule has 0 spiro atoms. The van der Waals surface area contributed by atoms with Gasteiger partial charge >= 0.3 is 18.1 Å². The fourth-order valence-corrected chi connectivity index (χ4v) is 5.10. The van der Waals surface area contributed by atoms with Gasteiger partial charge in [-0.2, -0.15) is 13.2 Å². The molecule has 0 bridgehead atoms. The number of carbonyl (C=O) groups is 3. The Labute approximate surface area is 269 Å². The predicted molar refractivity (Wildman–Crippen MR) is 155 cm³/mol. The molecule has 0 aliphatic carbocycles. The minimum Gasteiger partial charge on any atom is -0.486 e. The van der Waals surface area contributed by atoms with E-state index in [9.17, 15) is 36.6 Å². The number of β-amino-alcohol motifs (C(OH)–C–C–N with tert-alkyl or cyclic N) is 1. The maximum atomic E-state index is 12.8. The number of likely N-dealkylation sites (tertiary alicyclic amines) is 1. The minimum absolute atomic E-state index is 0.00160.